The summed E-state index contributed by atoms with van der Waals surface area (Å²) in [5.74, 6) is 0. The van der Waals surface area contributed by atoms with Gasteiger partial charge in [-0.3, -0.25) is 0 Å². The van der Waals surface area contributed by atoms with E-state index in [4.69, 9.17) is 4.42 Å². The molecule has 2 heterocycles. The van der Waals surface area contributed by atoms with Gasteiger partial charge in [-0.25, -0.2) is 0 Å². The minimum atomic E-state index is 0.928. The SMILES string of the molecule is C=C/C(c1cccc(-c2c3ccccc3c(-c3ccc4c(c3)sc3ccc5cc6oc7ccccc7c6cc5c34)c3ccccc23)c1)=c1/ccccc1=C. The Labute approximate surface area is 315 Å². The molecule has 0 atom stereocenters. The van der Waals surface area contributed by atoms with Gasteiger partial charge in [0.25, 0.3) is 0 Å². The molecule has 2 aromatic heterocycles. The molecule has 252 valence electrons. The summed E-state index contributed by atoms with van der Waals surface area (Å²) in [5.41, 5.74) is 8.98. The third-order valence-corrected chi connectivity index (χ3v) is 12.3. The second-order valence-corrected chi connectivity index (χ2v) is 15.2. The molecule has 0 aliphatic rings. The molecule has 0 spiro atoms. The fourth-order valence-electron chi connectivity index (χ4n) is 8.73. The molecular formula is C52H32OS. The van der Waals surface area contributed by atoms with Crippen molar-refractivity contribution in [1.82, 2.24) is 0 Å². The van der Waals surface area contributed by atoms with Crippen molar-refractivity contribution in [3.63, 3.8) is 0 Å². The highest BCUT2D eigenvalue weighted by Crippen LogP contribution is 2.47. The molecule has 0 N–H and O–H groups in total. The first-order chi connectivity index (χ1) is 26.6. The lowest BCUT2D eigenvalue weighted by Crippen LogP contribution is -2.24. The number of allylic oxidation sites excluding steroid dienone is 1. The average molecular weight is 705 g/mol. The zero-order chi connectivity index (χ0) is 35.9. The number of hydrogen-bond acceptors (Lipinski definition) is 2. The standard InChI is InChI=1S/C52H32OS/c1-3-36(37-16-5-4-13-31(37)2)32-14-12-15-34(27-32)50-39-18-6-8-20-41(39)51(42-21-9-7-19-40(42)50)35-23-25-43-49(29-35)54-48-26-24-33-28-47-45(30-44(33)52(43)48)38-17-10-11-22-46(38)53-47/h3-30H,1-2H2/b37-36+. The number of fused-ring (bicyclic) bond motifs is 10. The quantitative estimate of drug-likeness (QED) is 0.166. The molecule has 11 aromatic rings. The van der Waals surface area contributed by atoms with E-state index in [0.717, 1.165) is 43.5 Å². The summed E-state index contributed by atoms with van der Waals surface area (Å²) in [6.07, 6.45) is 1.95. The van der Waals surface area contributed by atoms with Gasteiger partial charge in [0.05, 0.1) is 0 Å². The van der Waals surface area contributed by atoms with Gasteiger partial charge in [0, 0.05) is 30.9 Å². The number of rotatable bonds is 4. The van der Waals surface area contributed by atoms with E-state index in [2.05, 4.69) is 165 Å². The zero-order valence-corrected chi connectivity index (χ0v) is 30.2. The molecule has 11 rings (SSSR count). The van der Waals surface area contributed by atoms with E-state index in [1.165, 1.54) is 74.7 Å². The lowest BCUT2D eigenvalue weighted by Gasteiger charge is -2.18. The van der Waals surface area contributed by atoms with Crippen molar-refractivity contribution in [2.75, 3.05) is 0 Å². The van der Waals surface area contributed by atoms with Crippen LogP contribution in [-0.4, -0.2) is 0 Å². The van der Waals surface area contributed by atoms with Gasteiger partial charge in [0.2, 0.25) is 0 Å². The fourth-order valence-corrected chi connectivity index (χ4v) is 9.89. The van der Waals surface area contributed by atoms with Crippen LogP contribution >= 0.6 is 11.3 Å². The van der Waals surface area contributed by atoms with Gasteiger partial charge in [0.15, 0.2) is 0 Å². The van der Waals surface area contributed by atoms with Crippen molar-refractivity contribution in [3.8, 4) is 22.3 Å². The maximum Gasteiger partial charge on any atom is 0.136 e. The fraction of sp³-hybridized carbons (Fsp3) is 0. The molecule has 0 bridgehead atoms. The predicted molar refractivity (Wildman–Crippen MR) is 234 cm³/mol. The van der Waals surface area contributed by atoms with Gasteiger partial charge >= 0.3 is 0 Å². The summed E-state index contributed by atoms with van der Waals surface area (Å²) < 4.78 is 8.83. The Hall–Kier alpha value is -6.74. The van der Waals surface area contributed by atoms with Crippen LogP contribution in [0.15, 0.2) is 181 Å². The third kappa shape index (κ3) is 4.57. The van der Waals surface area contributed by atoms with Gasteiger partial charge in [-0.2, -0.15) is 0 Å². The zero-order valence-electron chi connectivity index (χ0n) is 29.4. The molecule has 0 aliphatic heterocycles. The third-order valence-electron chi connectivity index (χ3n) is 11.1. The smallest absolute Gasteiger partial charge is 0.136 e. The Morgan fingerprint density at radius 3 is 1.87 bits per heavy atom. The highest BCUT2D eigenvalue weighted by molar-refractivity contribution is 7.26. The van der Waals surface area contributed by atoms with E-state index in [0.29, 0.717) is 0 Å². The van der Waals surface area contributed by atoms with E-state index in [9.17, 15) is 0 Å². The molecule has 2 heteroatoms. The van der Waals surface area contributed by atoms with Crippen LogP contribution in [0.25, 0.3) is 109 Å². The second-order valence-electron chi connectivity index (χ2n) is 14.1. The molecule has 9 aromatic carbocycles. The maximum atomic E-state index is 6.25. The molecular weight excluding hydrogens is 673 g/mol. The van der Waals surface area contributed by atoms with Crippen molar-refractivity contribution >= 4 is 97.9 Å². The Balaban J connectivity index is 1.14. The van der Waals surface area contributed by atoms with Crippen LogP contribution in [0.3, 0.4) is 0 Å². The highest BCUT2D eigenvalue weighted by Gasteiger charge is 2.19. The summed E-state index contributed by atoms with van der Waals surface area (Å²) in [7, 11) is 0. The van der Waals surface area contributed by atoms with Crippen LogP contribution in [0, 0.1) is 0 Å². The van der Waals surface area contributed by atoms with Crippen LogP contribution < -0.4 is 10.4 Å². The van der Waals surface area contributed by atoms with E-state index in [1.807, 2.05) is 29.5 Å². The first kappa shape index (κ1) is 30.8. The predicted octanol–water partition coefficient (Wildman–Crippen LogP) is 13.5. The maximum absolute atomic E-state index is 6.25. The van der Waals surface area contributed by atoms with Crippen molar-refractivity contribution in [3.05, 3.63) is 192 Å². The van der Waals surface area contributed by atoms with Gasteiger partial charge < -0.3 is 4.42 Å². The summed E-state index contributed by atoms with van der Waals surface area (Å²) >= 11 is 1.87. The van der Waals surface area contributed by atoms with Gasteiger partial charge in [-0.15, -0.1) is 11.3 Å². The average Bonchev–Trinajstić information content (AvgIpc) is 3.77. The first-order valence-electron chi connectivity index (χ1n) is 18.3. The number of furan rings is 1. The van der Waals surface area contributed by atoms with Gasteiger partial charge in [-0.1, -0.05) is 147 Å². The second kappa shape index (κ2) is 11.9. The lowest BCUT2D eigenvalue weighted by molar-refractivity contribution is 0.669. The molecule has 0 saturated carbocycles. The lowest BCUT2D eigenvalue weighted by atomic mass is 9.85. The normalized spacial score (nSPS) is 12.5. The minimum absolute atomic E-state index is 0.928. The highest BCUT2D eigenvalue weighted by atomic mass is 32.1. The van der Waals surface area contributed by atoms with Crippen molar-refractivity contribution < 1.29 is 4.42 Å². The molecule has 1 nitrogen and oxygen atoms in total. The van der Waals surface area contributed by atoms with Crippen LogP contribution in [0.5, 0.6) is 0 Å². The molecule has 0 aliphatic carbocycles. The van der Waals surface area contributed by atoms with E-state index < -0.39 is 0 Å². The number of hydrogen-bond donors (Lipinski definition) is 0. The van der Waals surface area contributed by atoms with Crippen LogP contribution in [0.4, 0.5) is 0 Å². The monoisotopic (exact) mass is 704 g/mol. The molecule has 0 saturated heterocycles. The molecule has 0 radical (unpaired) electrons. The summed E-state index contributed by atoms with van der Waals surface area (Å²) in [5, 5.41) is 14.4. The van der Waals surface area contributed by atoms with Crippen LogP contribution in [-0.2, 0) is 0 Å². The van der Waals surface area contributed by atoms with Crippen LogP contribution in [0.2, 0.25) is 0 Å². The van der Waals surface area contributed by atoms with Crippen LogP contribution in [0.1, 0.15) is 5.56 Å². The minimum Gasteiger partial charge on any atom is -0.456 e. The largest absolute Gasteiger partial charge is 0.456 e. The Bertz CT molecular complexity index is 3430. The first-order valence-corrected chi connectivity index (χ1v) is 19.1. The summed E-state index contributed by atoms with van der Waals surface area (Å²) in [4.78, 5) is 0. The van der Waals surface area contributed by atoms with Crippen molar-refractivity contribution in [2.45, 2.75) is 0 Å². The number of para-hydroxylation sites is 1. The Kier molecular flexibility index (Phi) is 6.79. The van der Waals surface area contributed by atoms with Gasteiger partial charge in [-0.05, 0) is 113 Å². The molecule has 0 amide bonds. The number of benzene rings is 9. The van der Waals surface area contributed by atoms with E-state index >= 15 is 0 Å². The Morgan fingerprint density at radius 2 is 1.15 bits per heavy atom. The van der Waals surface area contributed by atoms with Crippen molar-refractivity contribution in [1.29, 1.82) is 0 Å². The molecule has 0 unspecified atom stereocenters. The van der Waals surface area contributed by atoms with Gasteiger partial charge in [0.1, 0.15) is 11.2 Å². The summed E-state index contributed by atoms with van der Waals surface area (Å²) in [6.45, 7) is 8.51. The number of thiophene rings is 1. The van der Waals surface area contributed by atoms with E-state index in [-0.39, 0.29) is 0 Å². The summed E-state index contributed by atoms with van der Waals surface area (Å²) in [6, 6.07) is 59.4. The molecule has 0 fully saturated rings. The van der Waals surface area contributed by atoms with Crippen molar-refractivity contribution in [2.24, 2.45) is 0 Å². The topological polar surface area (TPSA) is 13.1 Å². The molecule has 54 heavy (non-hydrogen) atoms. The Morgan fingerprint density at radius 1 is 0.481 bits per heavy atom. The van der Waals surface area contributed by atoms with E-state index in [1.54, 1.807) is 0 Å².